The summed E-state index contributed by atoms with van der Waals surface area (Å²) >= 11 is 0. The maximum absolute atomic E-state index is 14.3. The van der Waals surface area contributed by atoms with Crippen LogP contribution in [-0.2, 0) is 6.54 Å². The molecule has 0 radical (unpaired) electrons. The zero-order chi connectivity index (χ0) is 21.8. The Balaban J connectivity index is 1.72. The van der Waals surface area contributed by atoms with E-state index in [1.165, 1.54) is 12.1 Å². The number of benzene rings is 3. The fourth-order valence-electron chi connectivity index (χ4n) is 3.25. The fraction of sp³-hybridized carbons (Fsp3) is 0.0833. The van der Waals surface area contributed by atoms with Crippen molar-refractivity contribution in [1.29, 1.82) is 5.26 Å². The highest BCUT2D eigenvalue weighted by atomic mass is 19.1. The van der Waals surface area contributed by atoms with E-state index in [0.29, 0.717) is 29.3 Å². The van der Waals surface area contributed by atoms with Gasteiger partial charge < -0.3 is 15.8 Å². The number of nitrogens with two attached hydrogens (primary N) is 1. The van der Waals surface area contributed by atoms with Gasteiger partial charge in [0.05, 0.1) is 24.1 Å². The molecule has 3 aromatic carbocycles. The third-order valence-corrected chi connectivity index (χ3v) is 4.84. The molecule has 0 saturated carbocycles. The minimum atomic E-state index is -0.572. The third-order valence-electron chi connectivity index (χ3n) is 4.84. The van der Waals surface area contributed by atoms with E-state index in [1.807, 2.05) is 60.7 Å². The number of anilines is 2. The Morgan fingerprint density at radius 2 is 1.90 bits per heavy atom. The lowest BCUT2D eigenvalue weighted by atomic mass is 10.1. The second-order valence-corrected chi connectivity index (χ2v) is 6.93. The van der Waals surface area contributed by atoms with Crippen LogP contribution in [0.3, 0.4) is 0 Å². The van der Waals surface area contributed by atoms with Crippen molar-refractivity contribution < 1.29 is 9.13 Å². The minimum Gasteiger partial charge on any atom is -0.497 e. The predicted molar refractivity (Wildman–Crippen MR) is 118 cm³/mol. The molecule has 31 heavy (non-hydrogen) atoms. The number of rotatable bonds is 6. The maximum atomic E-state index is 14.3. The van der Waals surface area contributed by atoms with E-state index >= 15 is 0 Å². The summed E-state index contributed by atoms with van der Waals surface area (Å²) in [5.74, 6) is 0.775. The van der Waals surface area contributed by atoms with Gasteiger partial charge in [0.15, 0.2) is 0 Å². The average molecular weight is 413 g/mol. The topological polar surface area (TPSA) is 88.9 Å². The van der Waals surface area contributed by atoms with Crippen LogP contribution in [0.4, 0.5) is 15.9 Å². The molecule has 0 unspecified atom stereocenters. The quantitative estimate of drug-likeness (QED) is 0.445. The summed E-state index contributed by atoms with van der Waals surface area (Å²) in [6.45, 7) is 0.534. The number of hydrogen-bond donors (Lipinski definition) is 2. The van der Waals surface area contributed by atoms with Crippen LogP contribution in [0.25, 0.3) is 16.9 Å². The molecule has 0 aliphatic rings. The van der Waals surface area contributed by atoms with Gasteiger partial charge >= 0.3 is 0 Å². The lowest BCUT2D eigenvalue weighted by Gasteiger charge is -2.09. The number of nitrogens with one attached hydrogen (secondary N) is 1. The van der Waals surface area contributed by atoms with Gasteiger partial charge in [-0.3, -0.25) is 0 Å². The predicted octanol–water partition coefficient (Wildman–Crippen LogP) is 4.75. The van der Waals surface area contributed by atoms with Gasteiger partial charge in [0.1, 0.15) is 23.5 Å². The van der Waals surface area contributed by atoms with E-state index in [4.69, 9.17) is 15.7 Å². The average Bonchev–Trinajstić information content (AvgIpc) is 3.22. The molecule has 0 atom stereocenters. The Kier molecular flexibility index (Phi) is 5.54. The monoisotopic (exact) mass is 413 g/mol. The van der Waals surface area contributed by atoms with E-state index in [-0.39, 0.29) is 5.56 Å². The Hall–Kier alpha value is -4.31. The number of nitriles is 1. The zero-order valence-electron chi connectivity index (χ0n) is 16.8. The number of methoxy groups -OCH3 is 1. The first kappa shape index (κ1) is 20.0. The van der Waals surface area contributed by atoms with Crippen molar-refractivity contribution in [1.82, 2.24) is 9.78 Å². The van der Waals surface area contributed by atoms with Gasteiger partial charge in [-0.1, -0.05) is 18.2 Å². The van der Waals surface area contributed by atoms with Crippen molar-refractivity contribution in [3.63, 3.8) is 0 Å². The summed E-state index contributed by atoms with van der Waals surface area (Å²) in [6, 6.07) is 23.2. The second-order valence-electron chi connectivity index (χ2n) is 6.93. The van der Waals surface area contributed by atoms with Gasteiger partial charge in [-0.25, -0.2) is 9.07 Å². The van der Waals surface area contributed by atoms with Gasteiger partial charge in [-0.2, -0.15) is 5.26 Å². The summed E-state index contributed by atoms with van der Waals surface area (Å²) in [6.07, 6.45) is 0. The number of nitrogens with zero attached hydrogens (tertiary/aromatic N) is 3. The summed E-state index contributed by atoms with van der Waals surface area (Å²) < 4.78 is 21.2. The van der Waals surface area contributed by atoms with Crippen LogP contribution in [0.1, 0.15) is 11.1 Å². The lowest BCUT2D eigenvalue weighted by Crippen LogP contribution is -2.03. The molecule has 7 heteroatoms. The van der Waals surface area contributed by atoms with Gasteiger partial charge in [-0.05, 0) is 54.1 Å². The highest BCUT2D eigenvalue weighted by Crippen LogP contribution is 2.28. The lowest BCUT2D eigenvalue weighted by molar-refractivity contribution is 0.414. The summed E-state index contributed by atoms with van der Waals surface area (Å²) in [7, 11) is 1.60. The van der Waals surface area contributed by atoms with E-state index in [1.54, 1.807) is 17.9 Å². The van der Waals surface area contributed by atoms with Crippen molar-refractivity contribution in [2.24, 2.45) is 0 Å². The largest absolute Gasteiger partial charge is 0.497 e. The Bertz CT molecular complexity index is 1260. The molecule has 0 amide bonds. The van der Waals surface area contributed by atoms with Crippen molar-refractivity contribution in [3.05, 3.63) is 89.7 Å². The summed E-state index contributed by atoms with van der Waals surface area (Å²) in [5, 5.41) is 17.0. The SMILES string of the molecule is COc1ccc(-n2nc(NCc3cccc(N)c3)cc2-c2ccc(C#N)c(F)c2)cc1. The third kappa shape index (κ3) is 4.33. The highest BCUT2D eigenvalue weighted by Gasteiger charge is 2.14. The van der Waals surface area contributed by atoms with Gasteiger partial charge in [-0.15, -0.1) is 5.10 Å². The molecule has 3 N–H and O–H groups in total. The van der Waals surface area contributed by atoms with Gasteiger partial charge in [0.2, 0.25) is 0 Å². The standard InChI is InChI=1S/C24H20FN5O/c1-31-21-9-7-20(8-10-21)30-23(17-5-6-18(14-26)22(25)12-17)13-24(29-30)28-15-16-3-2-4-19(27)11-16/h2-13H,15,27H2,1H3,(H,28,29). The first-order valence-corrected chi connectivity index (χ1v) is 9.60. The van der Waals surface area contributed by atoms with E-state index in [0.717, 1.165) is 17.0 Å². The molecule has 154 valence electrons. The van der Waals surface area contributed by atoms with E-state index < -0.39 is 5.82 Å². The number of aromatic nitrogens is 2. The zero-order valence-corrected chi connectivity index (χ0v) is 16.8. The first-order valence-electron chi connectivity index (χ1n) is 9.60. The molecular weight excluding hydrogens is 393 g/mol. The fourth-order valence-corrected chi connectivity index (χ4v) is 3.25. The van der Waals surface area contributed by atoms with Crippen LogP contribution in [-0.4, -0.2) is 16.9 Å². The molecule has 1 aromatic heterocycles. The van der Waals surface area contributed by atoms with E-state index in [9.17, 15) is 4.39 Å². The molecule has 0 aliphatic heterocycles. The molecule has 6 nitrogen and oxygen atoms in total. The van der Waals surface area contributed by atoms with Crippen LogP contribution >= 0.6 is 0 Å². The number of halogens is 1. The number of nitrogen functional groups attached to an aromatic ring is 1. The highest BCUT2D eigenvalue weighted by molar-refractivity contribution is 5.67. The van der Waals surface area contributed by atoms with Crippen molar-refractivity contribution in [2.75, 3.05) is 18.2 Å². The van der Waals surface area contributed by atoms with Crippen molar-refractivity contribution >= 4 is 11.5 Å². The Morgan fingerprint density at radius 3 is 2.58 bits per heavy atom. The summed E-state index contributed by atoms with van der Waals surface area (Å²) in [5.41, 5.74) is 9.64. The molecule has 0 fully saturated rings. The van der Waals surface area contributed by atoms with Crippen LogP contribution in [0.2, 0.25) is 0 Å². The molecule has 4 aromatic rings. The van der Waals surface area contributed by atoms with Gasteiger partial charge in [0, 0.05) is 23.9 Å². The van der Waals surface area contributed by atoms with Crippen LogP contribution in [0.15, 0.2) is 72.8 Å². The molecular formula is C24H20FN5O. The van der Waals surface area contributed by atoms with Crippen LogP contribution in [0.5, 0.6) is 5.75 Å². The van der Waals surface area contributed by atoms with Gasteiger partial charge in [0.25, 0.3) is 0 Å². The molecule has 1 heterocycles. The van der Waals surface area contributed by atoms with E-state index in [2.05, 4.69) is 10.4 Å². The number of ether oxygens (including phenoxy) is 1. The molecule has 0 spiro atoms. The van der Waals surface area contributed by atoms with Crippen molar-refractivity contribution in [3.8, 4) is 28.8 Å². The normalized spacial score (nSPS) is 10.5. The number of hydrogen-bond acceptors (Lipinski definition) is 5. The molecule has 4 rings (SSSR count). The first-order chi connectivity index (χ1) is 15.1. The molecule has 0 aliphatic carbocycles. The van der Waals surface area contributed by atoms with Crippen LogP contribution < -0.4 is 15.8 Å². The Labute approximate surface area is 179 Å². The minimum absolute atomic E-state index is 0.000669. The summed E-state index contributed by atoms with van der Waals surface area (Å²) in [4.78, 5) is 0. The van der Waals surface area contributed by atoms with Crippen LogP contribution in [0, 0.1) is 17.1 Å². The molecule has 0 saturated heterocycles. The second kappa shape index (κ2) is 8.59. The smallest absolute Gasteiger partial charge is 0.149 e. The Morgan fingerprint density at radius 1 is 1.10 bits per heavy atom. The molecule has 0 bridgehead atoms. The maximum Gasteiger partial charge on any atom is 0.149 e. The van der Waals surface area contributed by atoms with Crippen molar-refractivity contribution in [2.45, 2.75) is 6.54 Å².